The smallest absolute Gasteiger partial charge is 0.278 e. The number of rotatable bonds is 3. The molecule has 4 rings (SSSR count). The van der Waals surface area contributed by atoms with Crippen molar-refractivity contribution in [1.29, 1.82) is 0 Å². The lowest BCUT2D eigenvalue weighted by Gasteiger charge is -2.12. The van der Waals surface area contributed by atoms with Crippen LogP contribution < -0.4 is 10.2 Å². The van der Waals surface area contributed by atoms with Gasteiger partial charge in [0.1, 0.15) is 11.5 Å². The summed E-state index contributed by atoms with van der Waals surface area (Å²) < 4.78 is 32.8. The van der Waals surface area contributed by atoms with E-state index in [2.05, 4.69) is 20.9 Å². The molecular formula is C21H14BrF2NO2. The van der Waals surface area contributed by atoms with Crippen LogP contribution in [0.25, 0.3) is 21.7 Å². The van der Waals surface area contributed by atoms with E-state index in [4.69, 9.17) is 4.74 Å². The molecule has 0 radical (unpaired) electrons. The van der Waals surface area contributed by atoms with E-state index in [0.717, 1.165) is 26.9 Å². The zero-order valence-corrected chi connectivity index (χ0v) is 15.8. The predicted octanol–water partition coefficient (Wildman–Crippen LogP) is 6.48. The van der Waals surface area contributed by atoms with Crippen molar-refractivity contribution in [1.82, 2.24) is 4.98 Å². The molecule has 27 heavy (non-hydrogen) atoms. The van der Waals surface area contributed by atoms with E-state index in [9.17, 15) is 13.6 Å². The zero-order chi connectivity index (χ0) is 19.1. The number of pyridine rings is 1. The maximum absolute atomic E-state index is 12.9. The summed E-state index contributed by atoms with van der Waals surface area (Å²) in [6.07, 6.45) is -2.73. The third-order valence-electron chi connectivity index (χ3n) is 4.38. The molecule has 0 atom stereocenters. The summed E-state index contributed by atoms with van der Waals surface area (Å²) >= 11 is 3.45. The molecule has 1 aromatic heterocycles. The van der Waals surface area contributed by atoms with Crippen molar-refractivity contribution < 1.29 is 13.5 Å². The van der Waals surface area contributed by atoms with Crippen molar-refractivity contribution in [2.45, 2.75) is 13.3 Å². The van der Waals surface area contributed by atoms with Crippen molar-refractivity contribution in [2.75, 3.05) is 0 Å². The zero-order valence-electron chi connectivity index (χ0n) is 14.2. The summed E-state index contributed by atoms with van der Waals surface area (Å²) in [5.74, 6) is 1.14. The van der Waals surface area contributed by atoms with Crippen molar-refractivity contribution in [3.05, 3.63) is 80.6 Å². The van der Waals surface area contributed by atoms with Crippen LogP contribution in [0.2, 0.25) is 0 Å². The fraction of sp³-hybridized carbons (Fsp3) is 0.0952. The molecule has 0 saturated heterocycles. The van der Waals surface area contributed by atoms with Crippen molar-refractivity contribution in [3.8, 4) is 11.5 Å². The predicted molar refractivity (Wildman–Crippen MR) is 106 cm³/mol. The van der Waals surface area contributed by atoms with Crippen LogP contribution in [0.1, 0.15) is 17.7 Å². The lowest BCUT2D eigenvalue weighted by molar-refractivity contribution is 0.146. The first-order chi connectivity index (χ1) is 12.9. The minimum absolute atomic E-state index is 0.310. The highest BCUT2D eigenvalue weighted by atomic mass is 79.9. The molecule has 0 aliphatic rings. The highest BCUT2D eigenvalue weighted by molar-refractivity contribution is 9.10. The Bertz CT molecular complexity index is 1230. The quantitative estimate of drug-likeness (QED) is 0.404. The second-order valence-corrected chi connectivity index (χ2v) is 7.22. The largest absolute Gasteiger partial charge is 0.457 e. The number of aryl methyl sites for hydroxylation is 1. The first-order valence-corrected chi connectivity index (χ1v) is 9.03. The Kier molecular flexibility index (Phi) is 4.44. The number of hydrogen-bond acceptors (Lipinski definition) is 2. The third kappa shape index (κ3) is 3.45. The SMILES string of the molecule is Cc1cc2[nH]c(C(F)F)cc(=O)c2cc1Oc1ccc2cc(Br)ccc2c1. The Labute approximate surface area is 161 Å². The fourth-order valence-corrected chi connectivity index (χ4v) is 3.40. The van der Waals surface area contributed by atoms with Crippen molar-refractivity contribution in [2.24, 2.45) is 0 Å². The first kappa shape index (κ1) is 17.7. The monoisotopic (exact) mass is 429 g/mol. The van der Waals surface area contributed by atoms with Crippen LogP contribution in [0.4, 0.5) is 8.78 Å². The van der Waals surface area contributed by atoms with Gasteiger partial charge in [0, 0.05) is 15.9 Å². The molecule has 0 spiro atoms. The van der Waals surface area contributed by atoms with E-state index in [1.165, 1.54) is 0 Å². The van der Waals surface area contributed by atoms with E-state index in [1.807, 2.05) is 36.4 Å². The van der Waals surface area contributed by atoms with Crippen molar-refractivity contribution >= 4 is 37.6 Å². The number of H-pyrrole nitrogens is 1. The molecule has 3 aromatic carbocycles. The minimum atomic E-state index is -2.73. The van der Waals surface area contributed by atoms with Gasteiger partial charge in [-0.2, -0.15) is 0 Å². The second kappa shape index (κ2) is 6.78. The van der Waals surface area contributed by atoms with Gasteiger partial charge in [-0.25, -0.2) is 8.78 Å². The first-order valence-electron chi connectivity index (χ1n) is 8.23. The van der Waals surface area contributed by atoms with Crippen LogP contribution in [0.15, 0.2) is 63.9 Å². The van der Waals surface area contributed by atoms with Crippen LogP contribution in [-0.4, -0.2) is 4.98 Å². The molecule has 3 nitrogen and oxygen atoms in total. The number of aromatic amines is 1. The van der Waals surface area contributed by atoms with Crippen LogP contribution >= 0.6 is 15.9 Å². The summed E-state index contributed by atoms with van der Waals surface area (Å²) in [6, 6.07) is 15.8. The summed E-state index contributed by atoms with van der Waals surface area (Å²) in [6.45, 7) is 1.81. The van der Waals surface area contributed by atoms with Gasteiger partial charge < -0.3 is 9.72 Å². The number of halogens is 3. The van der Waals surface area contributed by atoms with Crippen LogP contribution in [0.3, 0.4) is 0 Å². The summed E-state index contributed by atoms with van der Waals surface area (Å²) in [5, 5.41) is 2.40. The Balaban J connectivity index is 1.76. The Morgan fingerprint density at radius 1 is 1.00 bits per heavy atom. The molecule has 6 heteroatoms. The highest BCUT2D eigenvalue weighted by Gasteiger charge is 2.13. The molecule has 0 amide bonds. The van der Waals surface area contributed by atoms with Crippen LogP contribution in [-0.2, 0) is 0 Å². The van der Waals surface area contributed by atoms with Crippen LogP contribution in [0.5, 0.6) is 11.5 Å². The van der Waals surface area contributed by atoms with E-state index < -0.39 is 11.9 Å². The van der Waals surface area contributed by atoms with E-state index >= 15 is 0 Å². The number of benzene rings is 3. The lowest BCUT2D eigenvalue weighted by Crippen LogP contribution is -2.06. The maximum atomic E-state index is 12.9. The molecule has 136 valence electrons. The summed E-state index contributed by atoms with van der Waals surface area (Å²) in [5.41, 5.74) is 0.250. The minimum Gasteiger partial charge on any atom is -0.457 e. The maximum Gasteiger partial charge on any atom is 0.278 e. The fourth-order valence-electron chi connectivity index (χ4n) is 3.02. The van der Waals surface area contributed by atoms with Gasteiger partial charge in [0.2, 0.25) is 0 Å². The highest BCUT2D eigenvalue weighted by Crippen LogP contribution is 2.31. The average molecular weight is 430 g/mol. The number of hydrogen-bond donors (Lipinski definition) is 1. The Morgan fingerprint density at radius 3 is 2.52 bits per heavy atom. The molecule has 0 aliphatic heterocycles. The van der Waals surface area contributed by atoms with Gasteiger partial charge in [-0.3, -0.25) is 4.79 Å². The van der Waals surface area contributed by atoms with Gasteiger partial charge in [0.25, 0.3) is 6.43 Å². The number of nitrogens with one attached hydrogen (secondary N) is 1. The summed E-state index contributed by atoms with van der Waals surface area (Å²) in [7, 11) is 0. The number of ether oxygens (including phenoxy) is 1. The van der Waals surface area contributed by atoms with Gasteiger partial charge in [0.15, 0.2) is 5.43 Å². The molecule has 4 aromatic rings. The number of aromatic nitrogens is 1. The third-order valence-corrected chi connectivity index (χ3v) is 4.88. The second-order valence-electron chi connectivity index (χ2n) is 6.31. The average Bonchev–Trinajstić information content (AvgIpc) is 2.62. The molecule has 0 unspecified atom stereocenters. The van der Waals surface area contributed by atoms with Gasteiger partial charge in [-0.1, -0.05) is 28.1 Å². The normalized spacial score (nSPS) is 11.4. The molecule has 0 fully saturated rings. The van der Waals surface area contributed by atoms with Gasteiger partial charge >= 0.3 is 0 Å². The van der Waals surface area contributed by atoms with Gasteiger partial charge in [0.05, 0.1) is 11.2 Å². The number of alkyl halides is 2. The molecule has 0 bridgehead atoms. The van der Waals surface area contributed by atoms with Crippen molar-refractivity contribution in [3.63, 3.8) is 0 Å². The Hall–Kier alpha value is -2.73. The van der Waals surface area contributed by atoms with Gasteiger partial charge in [-0.15, -0.1) is 0 Å². The molecule has 0 saturated carbocycles. The molecule has 1 N–H and O–H groups in total. The number of fused-ring (bicyclic) bond motifs is 2. The molecule has 0 aliphatic carbocycles. The van der Waals surface area contributed by atoms with E-state index in [0.29, 0.717) is 22.4 Å². The van der Waals surface area contributed by atoms with Crippen LogP contribution in [0, 0.1) is 6.92 Å². The molecule has 1 heterocycles. The van der Waals surface area contributed by atoms with E-state index in [-0.39, 0.29) is 5.69 Å². The topological polar surface area (TPSA) is 42.1 Å². The Morgan fingerprint density at radius 2 is 1.74 bits per heavy atom. The molecular weight excluding hydrogens is 416 g/mol. The van der Waals surface area contributed by atoms with E-state index in [1.54, 1.807) is 19.1 Å². The standard InChI is InChI=1S/C21H14BrF2NO2/c1-11-6-17-16(19(26)10-18(25-17)21(23)24)9-20(11)27-15-5-3-12-7-14(22)4-2-13(12)8-15/h2-10,21H,1H3,(H,25,26). The summed E-state index contributed by atoms with van der Waals surface area (Å²) in [4.78, 5) is 14.8. The van der Waals surface area contributed by atoms with Gasteiger partial charge in [-0.05, 0) is 59.7 Å². The lowest BCUT2D eigenvalue weighted by atomic mass is 10.1.